The van der Waals surface area contributed by atoms with Crippen LogP contribution in [-0.4, -0.2) is 62.1 Å². The number of thioether (sulfide) groups is 1. The molecule has 0 aromatic rings. The minimum absolute atomic E-state index is 0.883. The Labute approximate surface area is 134 Å². The van der Waals surface area contributed by atoms with Gasteiger partial charge in [-0.1, -0.05) is 0 Å². The van der Waals surface area contributed by atoms with Crippen LogP contribution in [0, 0.1) is 5.92 Å². The predicted molar refractivity (Wildman–Crippen MR) is 94.3 cm³/mol. The highest BCUT2D eigenvalue weighted by atomic mass is 32.2. The molecule has 122 valence electrons. The quantitative estimate of drug-likeness (QED) is 0.348. The largest absolute Gasteiger partial charge is 0.356 e. The lowest BCUT2D eigenvalue weighted by Gasteiger charge is -2.22. The van der Waals surface area contributed by atoms with Crippen molar-refractivity contribution in [3.05, 3.63) is 0 Å². The van der Waals surface area contributed by atoms with E-state index >= 15 is 0 Å². The fourth-order valence-electron chi connectivity index (χ4n) is 2.61. The molecule has 0 aromatic carbocycles. The number of hydrogen-bond donors (Lipinski definition) is 2. The van der Waals surface area contributed by atoms with E-state index in [9.17, 15) is 0 Å². The molecule has 2 saturated carbocycles. The first-order valence-corrected chi connectivity index (χ1v) is 9.90. The Bertz CT molecular complexity index is 313. The molecule has 2 N–H and O–H groups in total. The molecule has 5 heteroatoms. The van der Waals surface area contributed by atoms with Gasteiger partial charge in [0, 0.05) is 39.3 Å². The summed E-state index contributed by atoms with van der Waals surface area (Å²) in [5.41, 5.74) is 0. The van der Waals surface area contributed by atoms with Gasteiger partial charge in [-0.3, -0.25) is 9.89 Å². The highest BCUT2D eigenvalue weighted by Crippen LogP contribution is 2.34. The predicted octanol–water partition coefficient (Wildman–Crippen LogP) is 2.17. The van der Waals surface area contributed by atoms with E-state index in [1.165, 1.54) is 50.8 Å². The molecule has 0 aliphatic heterocycles. The lowest BCUT2D eigenvalue weighted by atomic mass is 10.3. The zero-order chi connectivity index (χ0) is 14.9. The Morgan fingerprint density at radius 1 is 1.14 bits per heavy atom. The van der Waals surface area contributed by atoms with Crippen LogP contribution in [0.2, 0.25) is 0 Å². The Balaban J connectivity index is 1.54. The van der Waals surface area contributed by atoms with E-state index < -0.39 is 0 Å². The molecule has 4 nitrogen and oxygen atoms in total. The van der Waals surface area contributed by atoms with Gasteiger partial charge in [0.25, 0.3) is 0 Å². The van der Waals surface area contributed by atoms with Crippen LogP contribution in [0.1, 0.15) is 38.5 Å². The van der Waals surface area contributed by atoms with Gasteiger partial charge in [0.1, 0.15) is 0 Å². The molecule has 0 unspecified atom stereocenters. The summed E-state index contributed by atoms with van der Waals surface area (Å²) in [5, 5.41) is 6.87. The Hall–Kier alpha value is -0.420. The molecule has 0 amide bonds. The average Bonchev–Trinajstić information content (AvgIpc) is 3.37. The Morgan fingerprint density at radius 2 is 1.90 bits per heavy atom. The van der Waals surface area contributed by atoms with E-state index in [-0.39, 0.29) is 0 Å². The van der Waals surface area contributed by atoms with Gasteiger partial charge in [0.15, 0.2) is 5.96 Å². The van der Waals surface area contributed by atoms with Crippen LogP contribution >= 0.6 is 11.8 Å². The van der Waals surface area contributed by atoms with Crippen LogP contribution in [0.15, 0.2) is 4.99 Å². The van der Waals surface area contributed by atoms with Crippen molar-refractivity contribution in [2.24, 2.45) is 10.9 Å². The summed E-state index contributed by atoms with van der Waals surface area (Å²) < 4.78 is 0. The number of unbranched alkanes of at least 4 members (excludes halogenated alkanes) is 1. The zero-order valence-corrected chi connectivity index (χ0v) is 14.6. The fourth-order valence-corrected chi connectivity index (χ4v) is 3.10. The first-order valence-electron chi connectivity index (χ1n) is 8.51. The molecule has 0 heterocycles. The average molecular weight is 313 g/mol. The number of rotatable bonds is 11. The van der Waals surface area contributed by atoms with Gasteiger partial charge in [-0.05, 0) is 56.5 Å². The molecule has 0 saturated heterocycles. The van der Waals surface area contributed by atoms with Crippen molar-refractivity contribution >= 4 is 17.7 Å². The van der Waals surface area contributed by atoms with E-state index in [0.29, 0.717) is 0 Å². The van der Waals surface area contributed by atoms with Crippen molar-refractivity contribution in [3.8, 4) is 0 Å². The van der Waals surface area contributed by atoms with E-state index in [0.717, 1.165) is 37.6 Å². The molecular weight excluding hydrogens is 280 g/mol. The van der Waals surface area contributed by atoms with Crippen molar-refractivity contribution in [3.63, 3.8) is 0 Å². The summed E-state index contributed by atoms with van der Waals surface area (Å²) >= 11 is 1.92. The topological polar surface area (TPSA) is 39.7 Å². The van der Waals surface area contributed by atoms with Crippen LogP contribution < -0.4 is 10.6 Å². The van der Waals surface area contributed by atoms with Crippen LogP contribution in [0.4, 0.5) is 0 Å². The third-order valence-corrected chi connectivity index (χ3v) is 4.93. The summed E-state index contributed by atoms with van der Waals surface area (Å²) in [7, 11) is 1.86. The minimum atomic E-state index is 0.883. The number of guanidine groups is 1. The van der Waals surface area contributed by atoms with E-state index in [4.69, 9.17) is 0 Å². The van der Waals surface area contributed by atoms with Gasteiger partial charge in [0.2, 0.25) is 0 Å². The first kappa shape index (κ1) is 16.9. The summed E-state index contributed by atoms with van der Waals surface area (Å²) in [6, 6.07) is 0.883. The third kappa shape index (κ3) is 7.41. The third-order valence-electron chi connectivity index (χ3n) is 4.24. The van der Waals surface area contributed by atoms with E-state index in [1.807, 2.05) is 18.8 Å². The van der Waals surface area contributed by atoms with Crippen LogP contribution in [0.25, 0.3) is 0 Å². The molecule has 0 aromatic heterocycles. The van der Waals surface area contributed by atoms with Crippen LogP contribution in [0.3, 0.4) is 0 Å². The van der Waals surface area contributed by atoms with Gasteiger partial charge in [-0.25, -0.2) is 0 Å². The van der Waals surface area contributed by atoms with Crippen molar-refractivity contribution < 1.29 is 0 Å². The van der Waals surface area contributed by atoms with Crippen molar-refractivity contribution in [2.75, 3.05) is 45.2 Å². The summed E-state index contributed by atoms with van der Waals surface area (Å²) in [6.07, 6.45) is 10.4. The molecular formula is C16H32N4S. The van der Waals surface area contributed by atoms with Gasteiger partial charge in [0.05, 0.1) is 0 Å². The Kier molecular flexibility index (Phi) is 7.72. The fraction of sp³-hybridized carbons (Fsp3) is 0.938. The number of nitrogens with zero attached hydrogens (tertiary/aromatic N) is 2. The lowest BCUT2D eigenvalue weighted by molar-refractivity contribution is 0.256. The van der Waals surface area contributed by atoms with Gasteiger partial charge in [-0.2, -0.15) is 11.8 Å². The van der Waals surface area contributed by atoms with Crippen LogP contribution in [0.5, 0.6) is 0 Å². The normalized spacial score (nSPS) is 19.1. The molecule has 2 aliphatic rings. The molecule has 0 radical (unpaired) electrons. The molecule has 2 aliphatic carbocycles. The SMILES string of the molecule is CN=C(NCCCCSC)NCCN(CC1CC1)C1CC1. The second kappa shape index (κ2) is 9.57. The monoisotopic (exact) mass is 312 g/mol. The molecule has 2 fully saturated rings. The summed E-state index contributed by atoms with van der Waals surface area (Å²) in [4.78, 5) is 7.00. The molecule has 0 bridgehead atoms. The molecule has 0 spiro atoms. The maximum atomic E-state index is 4.31. The zero-order valence-electron chi connectivity index (χ0n) is 13.7. The Morgan fingerprint density at radius 3 is 2.52 bits per heavy atom. The number of nitrogens with one attached hydrogen (secondary N) is 2. The molecule has 21 heavy (non-hydrogen) atoms. The first-order chi connectivity index (χ1) is 10.3. The van der Waals surface area contributed by atoms with Crippen molar-refractivity contribution in [1.29, 1.82) is 0 Å². The smallest absolute Gasteiger partial charge is 0.191 e. The number of aliphatic imine (C=N–C) groups is 1. The van der Waals surface area contributed by atoms with E-state index in [1.54, 1.807) is 0 Å². The summed E-state index contributed by atoms with van der Waals surface area (Å²) in [5.74, 6) is 3.21. The van der Waals surface area contributed by atoms with Gasteiger partial charge >= 0.3 is 0 Å². The highest BCUT2D eigenvalue weighted by Gasteiger charge is 2.33. The minimum Gasteiger partial charge on any atom is -0.356 e. The molecule has 0 atom stereocenters. The summed E-state index contributed by atoms with van der Waals surface area (Å²) in [6.45, 7) is 4.52. The second-order valence-corrected chi connectivity index (χ2v) is 7.28. The maximum absolute atomic E-state index is 4.31. The maximum Gasteiger partial charge on any atom is 0.191 e. The van der Waals surface area contributed by atoms with Crippen LogP contribution in [-0.2, 0) is 0 Å². The van der Waals surface area contributed by atoms with Gasteiger partial charge < -0.3 is 10.6 Å². The van der Waals surface area contributed by atoms with E-state index in [2.05, 4.69) is 26.8 Å². The van der Waals surface area contributed by atoms with Gasteiger partial charge in [-0.15, -0.1) is 0 Å². The highest BCUT2D eigenvalue weighted by molar-refractivity contribution is 7.98. The number of hydrogen-bond acceptors (Lipinski definition) is 3. The van der Waals surface area contributed by atoms with Crippen molar-refractivity contribution in [2.45, 2.75) is 44.6 Å². The second-order valence-electron chi connectivity index (χ2n) is 6.30. The lowest BCUT2D eigenvalue weighted by Crippen LogP contribution is -2.42. The van der Waals surface area contributed by atoms with Crippen molar-refractivity contribution in [1.82, 2.24) is 15.5 Å². The standard InChI is InChI=1S/C16H32N4S/c1-17-16(18-9-3-4-12-21-2)19-10-11-20(15-7-8-15)13-14-5-6-14/h14-15H,3-13H2,1-2H3,(H2,17,18,19). The molecule has 2 rings (SSSR count).